The van der Waals surface area contributed by atoms with Crippen molar-refractivity contribution in [2.45, 2.75) is 76.8 Å². The van der Waals surface area contributed by atoms with E-state index in [0.717, 1.165) is 7.11 Å². The summed E-state index contributed by atoms with van der Waals surface area (Å²) in [6.45, 7) is 12.5. The number of carbonyl (C=O) groups excluding carboxylic acids is 5. The second-order valence-corrected chi connectivity index (χ2v) is 17.7. The average Bonchev–Trinajstić information content (AvgIpc) is 3.47. The number of nitrogens with one attached hydrogen (secondary N) is 3. The van der Waals surface area contributed by atoms with Crippen molar-refractivity contribution >= 4 is 54.6 Å². The molecule has 2 rings (SSSR count). The van der Waals surface area contributed by atoms with E-state index in [-0.39, 0.29) is 30.0 Å². The molecule has 1 aliphatic rings. The third kappa shape index (κ3) is 12.2. The number of methoxy groups -OCH3 is 2. The number of thiazole rings is 1. The van der Waals surface area contributed by atoms with Crippen molar-refractivity contribution in [3.63, 3.8) is 0 Å². The zero-order chi connectivity index (χ0) is 33.8. The fraction of sp³-hybridized carbons (Fsp3) is 0.714. The zero-order valence-electron chi connectivity index (χ0n) is 27.4. The maximum absolute atomic E-state index is 13.4. The van der Waals surface area contributed by atoms with Gasteiger partial charge < -0.3 is 44.2 Å². The lowest BCUT2D eigenvalue weighted by Crippen LogP contribution is -2.56. The number of rotatable bonds is 15. The van der Waals surface area contributed by atoms with Gasteiger partial charge in [-0.3, -0.25) is 14.4 Å². The van der Waals surface area contributed by atoms with Gasteiger partial charge in [0.1, 0.15) is 24.9 Å². The van der Waals surface area contributed by atoms with Crippen LogP contribution in [0, 0.1) is 0 Å². The lowest BCUT2D eigenvalue weighted by atomic mass is 10.1. The lowest BCUT2D eigenvalue weighted by Gasteiger charge is -2.37. The highest BCUT2D eigenvalue weighted by Crippen LogP contribution is 2.36. The molecule has 0 aromatic carbocycles. The maximum Gasteiger partial charge on any atom is 0.407 e. The monoisotopic (exact) mass is 673 g/mol. The van der Waals surface area contributed by atoms with Crippen LogP contribution in [-0.2, 0) is 37.8 Å². The van der Waals surface area contributed by atoms with Crippen molar-refractivity contribution in [3.8, 4) is 0 Å². The van der Waals surface area contributed by atoms with Crippen molar-refractivity contribution in [3.05, 3.63) is 11.1 Å². The molecule has 0 spiro atoms. The Hall–Kier alpha value is -3.28. The van der Waals surface area contributed by atoms with E-state index in [4.69, 9.17) is 23.4 Å². The molecule has 2 atom stereocenters. The SMILES string of the molecule is COCCOC(=O)NC1CCN(c2nc(C(=O)N[C@@H](CO[Si](C)(C)C(C)(C)C)C(=O)N[C@@H](COC(C)=O)C(=O)OC)cs2)CC1. The van der Waals surface area contributed by atoms with Gasteiger partial charge in [-0.2, -0.15) is 0 Å². The number of alkyl carbamates (subject to hydrolysis) is 1. The van der Waals surface area contributed by atoms with Gasteiger partial charge in [0.15, 0.2) is 19.5 Å². The third-order valence-corrected chi connectivity index (χ3v) is 13.0. The first kappa shape index (κ1) is 37.9. The summed E-state index contributed by atoms with van der Waals surface area (Å²) in [7, 11) is 0.337. The molecule has 17 heteroatoms. The fourth-order valence-corrected chi connectivity index (χ4v) is 5.74. The second kappa shape index (κ2) is 17.4. The minimum Gasteiger partial charge on any atom is -0.467 e. The van der Waals surface area contributed by atoms with Gasteiger partial charge in [0, 0.05) is 38.5 Å². The van der Waals surface area contributed by atoms with Crippen molar-refractivity contribution in [2.24, 2.45) is 0 Å². The minimum absolute atomic E-state index is 0.0474. The van der Waals surface area contributed by atoms with Crippen molar-refractivity contribution < 1.29 is 47.3 Å². The number of aromatic nitrogens is 1. The molecule has 2 heterocycles. The maximum atomic E-state index is 13.4. The summed E-state index contributed by atoms with van der Waals surface area (Å²) >= 11 is 1.29. The van der Waals surface area contributed by atoms with E-state index in [1.165, 1.54) is 25.4 Å². The number of hydrogen-bond donors (Lipinski definition) is 3. The van der Waals surface area contributed by atoms with E-state index in [1.54, 1.807) is 5.38 Å². The van der Waals surface area contributed by atoms with Crippen molar-refractivity contribution in [2.75, 3.05) is 58.6 Å². The Morgan fingerprint density at radius 2 is 1.69 bits per heavy atom. The van der Waals surface area contributed by atoms with Crippen LogP contribution in [0.3, 0.4) is 0 Å². The first-order valence-electron chi connectivity index (χ1n) is 14.7. The summed E-state index contributed by atoms with van der Waals surface area (Å²) in [6.07, 6.45) is 0.851. The summed E-state index contributed by atoms with van der Waals surface area (Å²) in [4.78, 5) is 68.7. The van der Waals surface area contributed by atoms with Gasteiger partial charge in [0.05, 0.1) is 20.3 Å². The van der Waals surface area contributed by atoms with Crippen LogP contribution in [0.5, 0.6) is 0 Å². The highest BCUT2D eigenvalue weighted by atomic mass is 32.1. The first-order valence-corrected chi connectivity index (χ1v) is 18.5. The molecule has 0 saturated carbocycles. The van der Waals surface area contributed by atoms with Crippen LogP contribution in [0.15, 0.2) is 5.38 Å². The van der Waals surface area contributed by atoms with Crippen LogP contribution >= 0.6 is 11.3 Å². The van der Waals surface area contributed by atoms with Gasteiger partial charge >= 0.3 is 18.0 Å². The van der Waals surface area contributed by atoms with Gasteiger partial charge in [-0.1, -0.05) is 20.8 Å². The van der Waals surface area contributed by atoms with Gasteiger partial charge in [-0.15, -0.1) is 11.3 Å². The van der Waals surface area contributed by atoms with Crippen LogP contribution in [0.2, 0.25) is 18.1 Å². The fourth-order valence-electron chi connectivity index (χ4n) is 3.86. The number of hydrogen-bond acceptors (Lipinski definition) is 13. The second-order valence-electron chi connectivity index (χ2n) is 12.0. The molecule has 1 fully saturated rings. The highest BCUT2D eigenvalue weighted by Gasteiger charge is 2.39. The van der Waals surface area contributed by atoms with Gasteiger partial charge in [0.2, 0.25) is 5.91 Å². The summed E-state index contributed by atoms with van der Waals surface area (Å²) in [5.74, 6) is -2.76. The Bertz CT molecular complexity index is 1170. The van der Waals surface area contributed by atoms with Crippen molar-refractivity contribution in [1.82, 2.24) is 20.9 Å². The molecule has 0 aliphatic carbocycles. The molecule has 1 aliphatic heterocycles. The normalized spacial score (nSPS) is 15.4. The van der Waals surface area contributed by atoms with Gasteiger partial charge in [0.25, 0.3) is 5.91 Å². The largest absolute Gasteiger partial charge is 0.467 e. The molecule has 3 N–H and O–H groups in total. The summed E-state index contributed by atoms with van der Waals surface area (Å²) in [5, 5.41) is 10.1. The lowest BCUT2D eigenvalue weighted by molar-refractivity contribution is -0.151. The van der Waals surface area contributed by atoms with Crippen LogP contribution < -0.4 is 20.9 Å². The number of esters is 2. The molecule has 3 amide bonds. The number of carbonyl (C=O) groups is 5. The van der Waals surface area contributed by atoms with Crippen molar-refractivity contribution in [1.29, 1.82) is 0 Å². The van der Waals surface area contributed by atoms with Crippen LogP contribution in [0.25, 0.3) is 0 Å². The molecular formula is C28H47N5O10SSi. The number of ether oxygens (including phenoxy) is 4. The Morgan fingerprint density at radius 1 is 1.02 bits per heavy atom. The van der Waals surface area contributed by atoms with E-state index in [9.17, 15) is 24.0 Å². The summed E-state index contributed by atoms with van der Waals surface area (Å²) in [5.41, 5.74) is 0.117. The average molecular weight is 674 g/mol. The predicted molar refractivity (Wildman–Crippen MR) is 169 cm³/mol. The number of anilines is 1. The molecule has 1 saturated heterocycles. The summed E-state index contributed by atoms with van der Waals surface area (Å²) in [6, 6.07) is -2.52. The van der Waals surface area contributed by atoms with E-state index < -0.39 is 56.9 Å². The number of piperidine rings is 1. The number of nitrogens with zero attached hydrogens (tertiary/aromatic N) is 2. The smallest absolute Gasteiger partial charge is 0.407 e. The molecule has 0 bridgehead atoms. The van der Waals surface area contributed by atoms with Crippen LogP contribution in [0.1, 0.15) is 51.0 Å². The van der Waals surface area contributed by atoms with Crippen LogP contribution in [-0.4, -0.2) is 115 Å². The van der Waals surface area contributed by atoms with Gasteiger partial charge in [-0.05, 0) is 31.0 Å². The Kier molecular flexibility index (Phi) is 14.7. The molecule has 15 nitrogen and oxygen atoms in total. The summed E-state index contributed by atoms with van der Waals surface area (Å²) < 4.78 is 25.8. The molecule has 0 radical (unpaired) electrons. The zero-order valence-corrected chi connectivity index (χ0v) is 29.2. The van der Waals surface area contributed by atoms with E-state index in [1.807, 2.05) is 38.8 Å². The third-order valence-electron chi connectivity index (χ3n) is 7.63. The molecular weight excluding hydrogens is 626 g/mol. The molecule has 1 aromatic rings. The molecule has 45 heavy (non-hydrogen) atoms. The van der Waals surface area contributed by atoms with E-state index >= 15 is 0 Å². The molecule has 254 valence electrons. The van der Waals surface area contributed by atoms with Crippen LogP contribution in [0.4, 0.5) is 9.93 Å². The number of amides is 3. The first-order chi connectivity index (χ1) is 21.1. The quantitative estimate of drug-likeness (QED) is 0.106. The topological polar surface area (TPSA) is 184 Å². The van der Waals surface area contributed by atoms with E-state index in [2.05, 4.69) is 20.9 Å². The standard InChI is InChI=1S/C28H47N5O10SSi/c1-18(34)42-15-21(25(37)40-6)31-23(35)20(16-43-45(7,8)28(2,3)4)30-24(36)22-17-44-26(32-22)33-11-9-19(10-12-33)29-27(38)41-14-13-39-5/h17,19-21H,9-16H2,1-8H3,(H,29,38)(H,30,36)(H,31,35)/t20-,21-/m0/s1. The highest BCUT2D eigenvalue weighted by molar-refractivity contribution is 7.13. The Labute approximate surface area is 269 Å². The van der Waals surface area contributed by atoms with E-state index in [0.29, 0.717) is 37.7 Å². The molecule has 1 aromatic heterocycles. The minimum atomic E-state index is -2.34. The Morgan fingerprint density at radius 3 is 2.27 bits per heavy atom. The van der Waals surface area contributed by atoms with Gasteiger partial charge in [-0.25, -0.2) is 14.6 Å². The predicted octanol–water partition coefficient (Wildman–Crippen LogP) is 1.83. The Balaban J connectivity index is 2.09. The molecule has 0 unspecified atom stereocenters.